The first-order chi connectivity index (χ1) is 10.8. The lowest BCUT2D eigenvalue weighted by Crippen LogP contribution is -2.34. The third kappa shape index (κ3) is 8.33. The summed E-state index contributed by atoms with van der Waals surface area (Å²) in [4.78, 5) is 11.5. The van der Waals surface area contributed by atoms with Crippen molar-refractivity contribution in [2.75, 3.05) is 18.5 Å². The summed E-state index contributed by atoms with van der Waals surface area (Å²) in [5.74, 6) is 0.784. The van der Waals surface area contributed by atoms with Crippen LogP contribution in [0, 0.1) is 0 Å². The minimum atomic E-state index is -0.486. The Labute approximate surface area is 139 Å². The second-order valence-electron chi connectivity index (χ2n) is 6.46. The normalized spacial score (nSPS) is 11.2. The number of anilines is 1. The van der Waals surface area contributed by atoms with E-state index in [1.54, 1.807) is 0 Å². The van der Waals surface area contributed by atoms with Gasteiger partial charge in [-0.1, -0.05) is 19.9 Å². The molecule has 0 aliphatic rings. The van der Waals surface area contributed by atoms with Crippen molar-refractivity contribution in [2.45, 2.75) is 59.1 Å². The number of benzene rings is 1. The van der Waals surface area contributed by atoms with Crippen LogP contribution in [-0.4, -0.2) is 30.9 Å². The van der Waals surface area contributed by atoms with E-state index in [2.05, 4.69) is 24.5 Å². The quantitative estimate of drug-likeness (QED) is 0.705. The molecule has 1 amide bonds. The van der Waals surface area contributed by atoms with E-state index in [9.17, 15) is 4.79 Å². The molecule has 0 fully saturated rings. The van der Waals surface area contributed by atoms with Crippen molar-refractivity contribution in [2.24, 2.45) is 0 Å². The fourth-order valence-electron chi connectivity index (χ4n) is 2.04. The van der Waals surface area contributed by atoms with E-state index in [1.807, 2.05) is 45.0 Å². The highest BCUT2D eigenvalue weighted by molar-refractivity contribution is 5.67. The minimum absolute atomic E-state index is 0.397. The number of ether oxygens (including phenoxy) is 2. The number of rotatable bonds is 8. The summed E-state index contributed by atoms with van der Waals surface area (Å²) in [6.45, 7) is 10.6. The zero-order valence-corrected chi connectivity index (χ0v) is 14.9. The molecule has 1 aromatic rings. The molecule has 0 unspecified atom stereocenters. The standard InChI is InChI=1S/C18H30N2O3/c1-6-14(7-2)20-15-9-8-10-16(13-15)22-12-11-19-17(21)23-18(3,4)5/h8-10,13-14,20H,6-7,11-12H2,1-5H3,(H,19,21). The van der Waals surface area contributed by atoms with Crippen LogP contribution < -0.4 is 15.4 Å². The van der Waals surface area contributed by atoms with Crippen LogP contribution in [0.15, 0.2) is 24.3 Å². The Balaban J connectivity index is 2.36. The number of amides is 1. The monoisotopic (exact) mass is 322 g/mol. The van der Waals surface area contributed by atoms with Crippen LogP contribution in [0.1, 0.15) is 47.5 Å². The molecular weight excluding hydrogens is 292 g/mol. The number of nitrogens with one attached hydrogen (secondary N) is 2. The zero-order valence-electron chi connectivity index (χ0n) is 14.9. The van der Waals surface area contributed by atoms with E-state index in [0.717, 1.165) is 24.3 Å². The average Bonchev–Trinajstić information content (AvgIpc) is 2.48. The lowest BCUT2D eigenvalue weighted by atomic mass is 10.1. The third-order valence-corrected chi connectivity index (χ3v) is 3.23. The van der Waals surface area contributed by atoms with Crippen LogP contribution in [0.5, 0.6) is 5.75 Å². The van der Waals surface area contributed by atoms with Crippen molar-refractivity contribution >= 4 is 11.8 Å². The highest BCUT2D eigenvalue weighted by atomic mass is 16.6. The molecule has 0 spiro atoms. The maximum atomic E-state index is 11.5. The molecule has 0 aromatic heterocycles. The largest absolute Gasteiger partial charge is 0.492 e. The van der Waals surface area contributed by atoms with Gasteiger partial charge in [0.1, 0.15) is 18.0 Å². The average molecular weight is 322 g/mol. The summed E-state index contributed by atoms with van der Waals surface area (Å²) in [6.07, 6.45) is 1.74. The van der Waals surface area contributed by atoms with Gasteiger partial charge in [-0.2, -0.15) is 0 Å². The molecule has 130 valence electrons. The molecule has 2 N–H and O–H groups in total. The molecular formula is C18H30N2O3. The van der Waals surface area contributed by atoms with Gasteiger partial charge >= 0.3 is 6.09 Å². The fourth-order valence-corrected chi connectivity index (χ4v) is 2.04. The third-order valence-electron chi connectivity index (χ3n) is 3.23. The molecule has 5 heteroatoms. The summed E-state index contributed by atoms with van der Waals surface area (Å²) in [5.41, 5.74) is 0.566. The topological polar surface area (TPSA) is 59.6 Å². The molecule has 0 aliphatic carbocycles. The van der Waals surface area contributed by atoms with Crippen LogP contribution in [0.25, 0.3) is 0 Å². The van der Waals surface area contributed by atoms with Gasteiger partial charge in [-0.05, 0) is 45.7 Å². The van der Waals surface area contributed by atoms with Crippen molar-refractivity contribution in [1.82, 2.24) is 5.32 Å². The molecule has 1 rings (SSSR count). The molecule has 0 saturated heterocycles. The molecule has 0 radical (unpaired) electrons. The molecule has 0 atom stereocenters. The van der Waals surface area contributed by atoms with E-state index >= 15 is 0 Å². The Morgan fingerprint density at radius 2 is 1.91 bits per heavy atom. The maximum absolute atomic E-state index is 11.5. The second kappa shape index (κ2) is 9.28. The Kier molecular flexibility index (Phi) is 7.72. The van der Waals surface area contributed by atoms with E-state index in [-0.39, 0.29) is 0 Å². The van der Waals surface area contributed by atoms with Gasteiger partial charge in [0, 0.05) is 17.8 Å². The lowest BCUT2D eigenvalue weighted by molar-refractivity contribution is 0.0520. The molecule has 1 aromatic carbocycles. The Morgan fingerprint density at radius 1 is 1.22 bits per heavy atom. The van der Waals surface area contributed by atoms with Gasteiger partial charge in [-0.3, -0.25) is 0 Å². The second-order valence-corrected chi connectivity index (χ2v) is 6.46. The van der Waals surface area contributed by atoms with Crippen molar-refractivity contribution in [3.05, 3.63) is 24.3 Å². The van der Waals surface area contributed by atoms with Crippen molar-refractivity contribution in [3.8, 4) is 5.75 Å². The van der Waals surface area contributed by atoms with Crippen LogP contribution in [0.2, 0.25) is 0 Å². The van der Waals surface area contributed by atoms with Gasteiger partial charge in [0.2, 0.25) is 0 Å². The van der Waals surface area contributed by atoms with E-state index in [0.29, 0.717) is 19.2 Å². The summed E-state index contributed by atoms with van der Waals surface area (Å²) in [6, 6.07) is 8.35. The van der Waals surface area contributed by atoms with Crippen molar-refractivity contribution < 1.29 is 14.3 Å². The van der Waals surface area contributed by atoms with E-state index < -0.39 is 11.7 Å². The lowest BCUT2D eigenvalue weighted by Gasteiger charge is -2.19. The summed E-state index contributed by atoms with van der Waals surface area (Å²) < 4.78 is 10.8. The van der Waals surface area contributed by atoms with Crippen LogP contribution in [0.3, 0.4) is 0 Å². The zero-order chi connectivity index (χ0) is 17.3. The molecule has 0 heterocycles. The first kappa shape index (κ1) is 19.1. The van der Waals surface area contributed by atoms with Crippen LogP contribution in [0.4, 0.5) is 10.5 Å². The summed E-state index contributed by atoms with van der Waals surface area (Å²) in [7, 11) is 0. The predicted molar refractivity (Wildman–Crippen MR) is 94.2 cm³/mol. The number of hydrogen-bond donors (Lipinski definition) is 2. The van der Waals surface area contributed by atoms with Gasteiger partial charge in [0.15, 0.2) is 0 Å². The van der Waals surface area contributed by atoms with Gasteiger partial charge in [0.25, 0.3) is 0 Å². The van der Waals surface area contributed by atoms with Crippen LogP contribution >= 0.6 is 0 Å². The van der Waals surface area contributed by atoms with Gasteiger partial charge in [-0.15, -0.1) is 0 Å². The highest BCUT2D eigenvalue weighted by Gasteiger charge is 2.15. The number of alkyl carbamates (subject to hydrolysis) is 1. The van der Waals surface area contributed by atoms with E-state index in [1.165, 1.54) is 0 Å². The Morgan fingerprint density at radius 3 is 2.52 bits per heavy atom. The number of hydrogen-bond acceptors (Lipinski definition) is 4. The SMILES string of the molecule is CCC(CC)Nc1cccc(OCCNC(=O)OC(C)(C)C)c1. The Bertz CT molecular complexity index is 479. The predicted octanol–water partition coefficient (Wildman–Crippen LogP) is 4.19. The summed E-state index contributed by atoms with van der Waals surface area (Å²) >= 11 is 0. The van der Waals surface area contributed by atoms with Crippen molar-refractivity contribution in [1.29, 1.82) is 0 Å². The highest BCUT2D eigenvalue weighted by Crippen LogP contribution is 2.19. The molecule has 0 saturated carbocycles. The Hall–Kier alpha value is -1.91. The van der Waals surface area contributed by atoms with Gasteiger partial charge in [0.05, 0.1) is 6.54 Å². The maximum Gasteiger partial charge on any atom is 0.407 e. The molecule has 0 bridgehead atoms. The smallest absolute Gasteiger partial charge is 0.407 e. The molecule has 23 heavy (non-hydrogen) atoms. The van der Waals surface area contributed by atoms with Crippen LogP contribution in [-0.2, 0) is 4.74 Å². The summed E-state index contributed by atoms with van der Waals surface area (Å²) in [5, 5.41) is 6.16. The molecule has 0 aliphatic heterocycles. The van der Waals surface area contributed by atoms with Gasteiger partial charge in [-0.25, -0.2) is 4.79 Å². The minimum Gasteiger partial charge on any atom is -0.492 e. The first-order valence-electron chi connectivity index (χ1n) is 8.30. The van der Waals surface area contributed by atoms with E-state index in [4.69, 9.17) is 9.47 Å². The number of carbonyl (C=O) groups excluding carboxylic acids is 1. The number of carbonyl (C=O) groups is 1. The van der Waals surface area contributed by atoms with Gasteiger partial charge < -0.3 is 20.1 Å². The fraction of sp³-hybridized carbons (Fsp3) is 0.611. The van der Waals surface area contributed by atoms with Crippen molar-refractivity contribution in [3.63, 3.8) is 0 Å². The first-order valence-corrected chi connectivity index (χ1v) is 8.30. The molecule has 5 nitrogen and oxygen atoms in total.